The van der Waals surface area contributed by atoms with Crippen molar-refractivity contribution in [2.75, 3.05) is 5.73 Å². The zero-order valence-corrected chi connectivity index (χ0v) is 16.7. The molecule has 4 N–H and O–H groups in total. The Labute approximate surface area is 172 Å². The van der Waals surface area contributed by atoms with Crippen LogP contribution in [0.5, 0.6) is 0 Å². The summed E-state index contributed by atoms with van der Waals surface area (Å²) in [7, 11) is 0. The molecular formula is C19H18F3N5O2S. The van der Waals surface area contributed by atoms with Gasteiger partial charge in [-0.15, -0.1) is 11.3 Å². The van der Waals surface area contributed by atoms with Gasteiger partial charge in [0.15, 0.2) is 5.82 Å². The summed E-state index contributed by atoms with van der Waals surface area (Å²) >= 11 is 1.45. The van der Waals surface area contributed by atoms with E-state index in [0.717, 1.165) is 41.2 Å². The number of pyridine rings is 1. The van der Waals surface area contributed by atoms with Gasteiger partial charge < -0.3 is 11.5 Å². The SMILES string of the molecule is C[C@@H]1CCc2c(sc3nc(Cn4c(C(F)(F)F)ccc(C(N)=O)c4=O)nc(N)c23)C1. The van der Waals surface area contributed by atoms with Gasteiger partial charge in [0.2, 0.25) is 0 Å². The Balaban J connectivity index is 1.84. The minimum atomic E-state index is -4.82. The number of aryl methyl sites for hydroxylation is 1. The fraction of sp³-hybridized carbons (Fsp3) is 0.368. The van der Waals surface area contributed by atoms with Gasteiger partial charge in [-0.1, -0.05) is 6.92 Å². The van der Waals surface area contributed by atoms with E-state index in [0.29, 0.717) is 21.4 Å². The van der Waals surface area contributed by atoms with Crippen LogP contribution in [0.3, 0.4) is 0 Å². The molecule has 0 saturated heterocycles. The van der Waals surface area contributed by atoms with Crippen LogP contribution < -0.4 is 17.0 Å². The van der Waals surface area contributed by atoms with E-state index in [1.807, 2.05) is 0 Å². The van der Waals surface area contributed by atoms with E-state index < -0.39 is 35.4 Å². The van der Waals surface area contributed by atoms with E-state index in [4.69, 9.17) is 11.5 Å². The molecule has 0 fully saturated rings. The summed E-state index contributed by atoms with van der Waals surface area (Å²) in [6.07, 6.45) is -2.06. The summed E-state index contributed by atoms with van der Waals surface area (Å²) in [4.78, 5) is 34.2. The van der Waals surface area contributed by atoms with Gasteiger partial charge >= 0.3 is 6.18 Å². The van der Waals surface area contributed by atoms with Crippen LogP contribution in [0.1, 0.15) is 45.7 Å². The summed E-state index contributed by atoms with van der Waals surface area (Å²) in [6.45, 7) is 1.57. The highest BCUT2D eigenvalue weighted by atomic mass is 32.1. The van der Waals surface area contributed by atoms with E-state index in [2.05, 4.69) is 16.9 Å². The second-order valence-electron chi connectivity index (χ2n) is 7.44. The van der Waals surface area contributed by atoms with E-state index in [-0.39, 0.29) is 11.6 Å². The molecule has 30 heavy (non-hydrogen) atoms. The van der Waals surface area contributed by atoms with Crippen LogP contribution >= 0.6 is 11.3 Å². The first kappa shape index (κ1) is 20.3. The average molecular weight is 437 g/mol. The molecule has 0 unspecified atom stereocenters. The second kappa shape index (κ2) is 7.08. The number of carbonyl (C=O) groups is 1. The minimum Gasteiger partial charge on any atom is -0.383 e. The van der Waals surface area contributed by atoms with E-state index >= 15 is 0 Å². The molecule has 158 valence electrons. The number of nitrogens with zero attached hydrogens (tertiary/aromatic N) is 3. The Hall–Kier alpha value is -2.95. The van der Waals surface area contributed by atoms with Gasteiger partial charge in [-0.3, -0.25) is 14.2 Å². The second-order valence-corrected chi connectivity index (χ2v) is 8.53. The quantitative estimate of drug-likeness (QED) is 0.653. The summed E-state index contributed by atoms with van der Waals surface area (Å²) in [5, 5.41) is 0.736. The molecule has 3 heterocycles. The zero-order valence-electron chi connectivity index (χ0n) is 15.9. The van der Waals surface area contributed by atoms with Crippen molar-refractivity contribution in [2.45, 2.75) is 38.9 Å². The monoisotopic (exact) mass is 437 g/mol. The largest absolute Gasteiger partial charge is 0.431 e. The van der Waals surface area contributed by atoms with Crippen LogP contribution in [0, 0.1) is 5.92 Å². The lowest BCUT2D eigenvalue weighted by molar-refractivity contribution is -0.144. The zero-order chi connectivity index (χ0) is 21.8. The molecule has 1 aliphatic rings. The molecule has 1 aliphatic carbocycles. The molecule has 0 radical (unpaired) electrons. The summed E-state index contributed by atoms with van der Waals surface area (Å²) in [6, 6.07) is 1.42. The van der Waals surface area contributed by atoms with Crippen LogP contribution in [0.15, 0.2) is 16.9 Å². The Bertz CT molecular complexity index is 1230. The lowest BCUT2D eigenvalue weighted by atomic mass is 9.89. The topological polar surface area (TPSA) is 117 Å². The molecule has 11 heteroatoms. The van der Waals surface area contributed by atoms with Crippen molar-refractivity contribution >= 4 is 33.3 Å². The Kier molecular flexibility index (Phi) is 4.80. The van der Waals surface area contributed by atoms with Gasteiger partial charge in [-0.2, -0.15) is 13.2 Å². The number of alkyl halides is 3. The summed E-state index contributed by atoms with van der Waals surface area (Å²) in [5.41, 5.74) is 9.42. The van der Waals surface area contributed by atoms with Crippen molar-refractivity contribution in [1.29, 1.82) is 0 Å². The standard InChI is InChI=1S/C19H18F3N5O2S/c1-8-2-3-9-11(6-8)30-17-14(9)15(23)25-13(26-17)7-27-12(19(20,21)22)5-4-10(16(24)28)18(27)29/h4-5,8H,2-3,6-7H2,1H3,(H2,24,28)(H2,23,25,26)/t8-/m1/s1. The molecule has 1 atom stereocenters. The molecule has 0 aromatic carbocycles. The molecule has 3 aromatic heterocycles. The number of anilines is 1. The predicted octanol–water partition coefficient (Wildman–Crippen LogP) is 2.73. The molecule has 7 nitrogen and oxygen atoms in total. The summed E-state index contributed by atoms with van der Waals surface area (Å²) < 4.78 is 40.8. The van der Waals surface area contributed by atoms with Crippen molar-refractivity contribution in [3.8, 4) is 0 Å². The van der Waals surface area contributed by atoms with Crippen LogP contribution in [-0.2, 0) is 25.6 Å². The molecule has 0 saturated carbocycles. The maximum atomic E-state index is 13.4. The highest BCUT2D eigenvalue weighted by molar-refractivity contribution is 7.19. The van der Waals surface area contributed by atoms with Crippen LogP contribution in [0.2, 0.25) is 0 Å². The maximum Gasteiger partial charge on any atom is 0.431 e. The number of nitrogens with two attached hydrogens (primary N) is 2. The highest BCUT2D eigenvalue weighted by Crippen LogP contribution is 2.39. The maximum absolute atomic E-state index is 13.4. The van der Waals surface area contributed by atoms with Gasteiger partial charge in [-0.25, -0.2) is 9.97 Å². The van der Waals surface area contributed by atoms with E-state index in [1.54, 1.807) is 0 Å². The van der Waals surface area contributed by atoms with E-state index in [1.165, 1.54) is 11.3 Å². The molecule has 3 aromatic rings. The molecular weight excluding hydrogens is 419 g/mol. The third-order valence-electron chi connectivity index (χ3n) is 5.26. The number of aromatic nitrogens is 3. The minimum absolute atomic E-state index is 0.0409. The number of thiophene rings is 1. The van der Waals surface area contributed by atoms with Gasteiger partial charge in [0.1, 0.15) is 21.9 Å². The fourth-order valence-corrected chi connectivity index (χ4v) is 5.21. The number of carbonyl (C=O) groups excluding carboxylic acids is 1. The molecule has 4 rings (SSSR count). The Morgan fingerprint density at radius 1 is 1.33 bits per heavy atom. The molecule has 0 spiro atoms. The van der Waals surface area contributed by atoms with Gasteiger partial charge in [-0.05, 0) is 42.9 Å². The third-order valence-corrected chi connectivity index (χ3v) is 6.41. The van der Waals surface area contributed by atoms with Crippen molar-refractivity contribution < 1.29 is 18.0 Å². The van der Waals surface area contributed by atoms with Crippen molar-refractivity contribution in [3.63, 3.8) is 0 Å². The first-order valence-electron chi connectivity index (χ1n) is 9.23. The first-order chi connectivity index (χ1) is 14.1. The van der Waals surface area contributed by atoms with Crippen LogP contribution in [-0.4, -0.2) is 20.4 Å². The van der Waals surface area contributed by atoms with Gasteiger partial charge in [0, 0.05) is 4.88 Å². The Morgan fingerprint density at radius 2 is 2.07 bits per heavy atom. The predicted molar refractivity (Wildman–Crippen MR) is 106 cm³/mol. The van der Waals surface area contributed by atoms with E-state index in [9.17, 15) is 22.8 Å². The number of rotatable bonds is 3. The van der Waals surface area contributed by atoms with Crippen molar-refractivity contribution in [2.24, 2.45) is 11.7 Å². The number of hydrogen-bond acceptors (Lipinski definition) is 6. The first-order valence-corrected chi connectivity index (χ1v) is 10.1. The molecule has 0 bridgehead atoms. The summed E-state index contributed by atoms with van der Waals surface area (Å²) in [5.74, 6) is -0.447. The van der Waals surface area contributed by atoms with Crippen molar-refractivity contribution in [1.82, 2.24) is 14.5 Å². The lowest BCUT2D eigenvalue weighted by Gasteiger charge is -2.18. The molecule has 1 amide bonds. The number of nitrogen functional groups attached to an aromatic ring is 1. The third kappa shape index (κ3) is 3.42. The Morgan fingerprint density at radius 3 is 2.73 bits per heavy atom. The highest BCUT2D eigenvalue weighted by Gasteiger charge is 2.35. The van der Waals surface area contributed by atoms with Crippen LogP contribution in [0.25, 0.3) is 10.2 Å². The number of fused-ring (bicyclic) bond motifs is 3. The number of amides is 1. The number of hydrogen-bond donors (Lipinski definition) is 2. The molecule has 0 aliphatic heterocycles. The van der Waals surface area contributed by atoms with Gasteiger partial charge in [0.05, 0.1) is 11.9 Å². The average Bonchev–Trinajstić information content (AvgIpc) is 2.99. The number of halogens is 3. The normalized spacial score (nSPS) is 16.6. The fourth-order valence-electron chi connectivity index (χ4n) is 3.80. The number of primary amides is 1. The van der Waals surface area contributed by atoms with Gasteiger partial charge in [0.25, 0.3) is 11.5 Å². The lowest BCUT2D eigenvalue weighted by Crippen LogP contribution is -2.34. The smallest absolute Gasteiger partial charge is 0.383 e. The van der Waals surface area contributed by atoms with Crippen molar-refractivity contribution in [3.05, 3.63) is 50.0 Å². The van der Waals surface area contributed by atoms with Crippen LogP contribution in [0.4, 0.5) is 19.0 Å².